The van der Waals surface area contributed by atoms with E-state index in [1.54, 1.807) is 22.9 Å². The van der Waals surface area contributed by atoms with Crippen molar-refractivity contribution in [2.75, 3.05) is 0 Å². The maximum absolute atomic E-state index is 13.4. The molecule has 1 heterocycles. The van der Waals surface area contributed by atoms with Gasteiger partial charge in [-0.15, -0.1) is 0 Å². The predicted molar refractivity (Wildman–Crippen MR) is 82.7 cm³/mol. The number of hydrazine groups is 1. The Morgan fingerprint density at radius 2 is 1.87 bits per heavy atom. The molecule has 0 radical (unpaired) electrons. The van der Waals surface area contributed by atoms with Gasteiger partial charge in [0.1, 0.15) is 12.4 Å². The van der Waals surface area contributed by atoms with Crippen LogP contribution >= 0.6 is 0 Å². The van der Waals surface area contributed by atoms with Gasteiger partial charge in [-0.2, -0.15) is 5.10 Å². The SMILES string of the molecule is Cc1cc(C)n(CC(=O)NNC(=O)CCc2ccccc2F)n1. The van der Waals surface area contributed by atoms with Crippen molar-refractivity contribution in [3.05, 3.63) is 53.1 Å². The van der Waals surface area contributed by atoms with E-state index < -0.39 is 0 Å². The van der Waals surface area contributed by atoms with Gasteiger partial charge in [0.15, 0.2) is 0 Å². The Morgan fingerprint density at radius 3 is 2.52 bits per heavy atom. The van der Waals surface area contributed by atoms with Gasteiger partial charge < -0.3 is 0 Å². The third kappa shape index (κ3) is 4.91. The monoisotopic (exact) mass is 318 g/mol. The van der Waals surface area contributed by atoms with Crippen LogP contribution in [0.2, 0.25) is 0 Å². The first-order valence-corrected chi connectivity index (χ1v) is 7.28. The number of carbonyl (C=O) groups is 2. The van der Waals surface area contributed by atoms with Crippen molar-refractivity contribution >= 4 is 11.8 Å². The molecule has 2 rings (SSSR count). The fourth-order valence-corrected chi connectivity index (χ4v) is 2.16. The van der Waals surface area contributed by atoms with Crippen molar-refractivity contribution in [3.63, 3.8) is 0 Å². The number of amides is 2. The van der Waals surface area contributed by atoms with E-state index >= 15 is 0 Å². The zero-order valence-electron chi connectivity index (χ0n) is 13.1. The number of hydrogen-bond acceptors (Lipinski definition) is 3. The van der Waals surface area contributed by atoms with E-state index in [0.29, 0.717) is 5.56 Å². The van der Waals surface area contributed by atoms with E-state index in [1.807, 2.05) is 19.9 Å². The van der Waals surface area contributed by atoms with Gasteiger partial charge in [0.2, 0.25) is 5.91 Å². The Morgan fingerprint density at radius 1 is 1.17 bits per heavy atom. The summed E-state index contributed by atoms with van der Waals surface area (Å²) in [4.78, 5) is 23.4. The van der Waals surface area contributed by atoms with Crippen molar-refractivity contribution < 1.29 is 14.0 Å². The molecule has 2 N–H and O–H groups in total. The molecular weight excluding hydrogens is 299 g/mol. The number of rotatable bonds is 5. The van der Waals surface area contributed by atoms with Crippen molar-refractivity contribution in [1.82, 2.24) is 20.6 Å². The minimum atomic E-state index is -0.380. The number of aryl methyl sites for hydroxylation is 3. The lowest BCUT2D eigenvalue weighted by Gasteiger charge is -2.08. The second-order valence-corrected chi connectivity index (χ2v) is 5.27. The van der Waals surface area contributed by atoms with E-state index in [-0.39, 0.29) is 37.0 Å². The van der Waals surface area contributed by atoms with Crippen molar-refractivity contribution in [2.45, 2.75) is 33.2 Å². The molecule has 1 aromatic carbocycles. The first-order chi connectivity index (χ1) is 11.0. The number of aromatic nitrogens is 2. The molecule has 0 spiro atoms. The van der Waals surface area contributed by atoms with Gasteiger partial charge in [-0.05, 0) is 38.0 Å². The fourth-order valence-electron chi connectivity index (χ4n) is 2.16. The van der Waals surface area contributed by atoms with Crippen LogP contribution in [0.4, 0.5) is 4.39 Å². The smallest absolute Gasteiger partial charge is 0.260 e. The minimum Gasteiger partial charge on any atom is -0.273 e. The van der Waals surface area contributed by atoms with Gasteiger partial charge in [0.25, 0.3) is 5.91 Å². The Kier molecular flexibility index (Phi) is 5.46. The number of carbonyl (C=O) groups excluding carboxylic acids is 2. The van der Waals surface area contributed by atoms with E-state index in [1.165, 1.54) is 6.07 Å². The van der Waals surface area contributed by atoms with Gasteiger partial charge in [-0.1, -0.05) is 18.2 Å². The van der Waals surface area contributed by atoms with Crippen LogP contribution in [0.25, 0.3) is 0 Å². The highest BCUT2D eigenvalue weighted by atomic mass is 19.1. The van der Waals surface area contributed by atoms with Gasteiger partial charge in [0.05, 0.1) is 5.69 Å². The average Bonchev–Trinajstić information content (AvgIpc) is 2.82. The quantitative estimate of drug-likeness (QED) is 0.819. The normalized spacial score (nSPS) is 10.4. The van der Waals surface area contributed by atoms with Gasteiger partial charge in [-0.3, -0.25) is 25.1 Å². The van der Waals surface area contributed by atoms with Crippen LogP contribution in [-0.2, 0) is 22.6 Å². The summed E-state index contributed by atoms with van der Waals surface area (Å²) in [6, 6.07) is 8.15. The molecular formula is C16H19FN4O2. The molecule has 0 fully saturated rings. The zero-order valence-corrected chi connectivity index (χ0v) is 13.1. The zero-order chi connectivity index (χ0) is 16.8. The van der Waals surface area contributed by atoms with E-state index in [2.05, 4.69) is 16.0 Å². The molecule has 2 aromatic rings. The molecule has 0 aliphatic heterocycles. The molecule has 1 aromatic heterocycles. The number of nitrogens with zero attached hydrogens (tertiary/aromatic N) is 2. The summed E-state index contributed by atoms with van der Waals surface area (Å²) < 4.78 is 15.0. The summed E-state index contributed by atoms with van der Waals surface area (Å²) in [6.45, 7) is 3.71. The van der Waals surface area contributed by atoms with E-state index in [9.17, 15) is 14.0 Å². The molecule has 122 valence electrons. The first-order valence-electron chi connectivity index (χ1n) is 7.28. The van der Waals surface area contributed by atoms with Crippen molar-refractivity contribution in [1.29, 1.82) is 0 Å². The predicted octanol–water partition coefficient (Wildman–Crippen LogP) is 1.42. The van der Waals surface area contributed by atoms with E-state index in [0.717, 1.165) is 11.4 Å². The lowest BCUT2D eigenvalue weighted by atomic mass is 10.1. The molecule has 23 heavy (non-hydrogen) atoms. The number of hydrogen-bond donors (Lipinski definition) is 2. The lowest BCUT2D eigenvalue weighted by molar-refractivity contribution is -0.129. The summed E-state index contributed by atoms with van der Waals surface area (Å²) in [7, 11) is 0. The summed E-state index contributed by atoms with van der Waals surface area (Å²) in [6.07, 6.45) is 0.354. The van der Waals surface area contributed by atoms with Crippen LogP contribution in [-0.4, -0.2) is 21.6 Å². The summed E-state index contributed by atoms with van der Waals surface area (Å²) >= 11 is 0. The molecule has 0 saturated carbocycles. The highest BCUT2D eigenvalue weighted by molar-refractivity contribution is 5.81. The van der Waals surface area contributed by atoms with Crippen LogP contribution < -0.4 is 10.9 Å². The average molecular weight is 318 g/mol. The summed E-state index contributed by atoms with van der Waals surface area (Å²) in [5.41, 5.74) is 6.80. The molecule has 6 nitrogen and oxygen atoms in total. The Hall–Kier alpha value is -2.70. The lowest BCUT2D eigenvalue weighted by Crippen LogP contribution is -2.43. The summed E-state index contributed by atoms with van der Waals surface area (Å²) in [5, 5.41) is 4.16. The third-order valence-corrected chi connectivity index (χ3v) is 3.32. The molecule has 0 saturated heterocycles. The molecule has 0 aliphatic carbocycles. The van der Waals surface area contributed by atoms with Crippen LogP contribution in [0.3, 0.4) is 0 Å². The molecule has 0 aliphatic rings. The fraction of sp³-hybridized carbons (Fsp3) is 0.312. The Bertz CT molecular complexity index is 712. The number of halogens is 1. The molecule has 7 heteroatoms. The number of benzene rings is 1. The topological polar surface area (TPSA) is 76.0 Å². The van der Waals surface area contributed by atoms with Gasteiger partial charge in [0, 0.05) is 12.1 Å². The van der Waals surface area contributed by atoms with Gasteiger partial charge >= 0.3 is 0 Å². The second kappa shape index (κ2) is 7.53. The molecule has 2 amide bonds. The van der Waals surface area contributed by atoms with Crippen LogP contribution in [0, 0.1) is 19.7 Å². The largest absolute Gasteiger partial charge is 0.273 e. The van der Waals surface area contributed by atoms with Crippen molar-refractivity contribution in [3.8, 4) is 0 Å². The maximum Gasteiger partial charge on any atom is 0.260 e. The number of nitrogens with one attached hydrogen (secondary N) is 2. The molecule has 0 bridgehead atoms. The highest BCUT2D eigenvalue weighted by Gasteiger charge is 2.09. The van der Waals surface area contributed by atoms with E-state index in [4.69, 9.17) is 0 Å². The Labute approximate surface area is 133 Å². The van der Waals surface area contributed by atoms with Crippen LogP contribution in [0.1, 0.15) is 23.4 Å². The maximum atomic E-state index is 13.4. The van der Waals surface area contributed by atoms with Gasteiger partial charge in [-0.25, -0.2) is 4.39 Å². The second-order valence-electron chi connectivity index (χ2n) is 5.27. The minimum absolute atomic E-state index is 0.0211. The molecule has 0 atom stereocenters. The first kappa shape index (κ1) is 16.7. The third-order valence-electron chi connectivity index (χ3n) is 3.32. The molecule has 0 unspecified atom stereocenters. The summed E-state index contributed by atoms with van der Waals surface area (Å²) in [5.74, 6) is -1.10. The Balaban J connectivity index is 1.75. The van der Waals surface area contributed by atoms with Crippen molar-refractivity contribution in [2.24, 2.45) is 0 Å². The standard InChI is InChI=1S/C16H19FN4O2/c1-11-9-12(2)21(20-11)10-16(23)19-18-15(22)8-7-13-5-3-4-6-14(13)17/h3-6,9H,7-8,10H2,1-2H3,(H,18,22)(H,19,23). The van der Waals surface area contributed by atoms with Crippen LogP contribution in [0.5, 0.6) is 0 Å². The van der Waals surface area contributed by atoms with Crippen LogP contribution in [0.15, 0.2) is 30.3 Å². The highest BCUT2D eigenvalue weighted by Crippen LogP contribution is 2.08.